The Morgan fingerprint density at radius 2 is 1.55 bits per heavy atom. The van der Waals surface area contributed by atoms with Crippen LogP contribution in [0.1, 0.15) is 22.5 Å². The topological polar surface area (TPSA) is 53.4 Å². The summed E-state index contributed by atoms with van der Waals surface area (Å²) >= 11 is 0. The lowest BCUT2D eigenvalue weighted by Gasteiger charge is -2.34. The minimum Gasteiger partial charge on any atom is -0.322 e. The highest BCUT2D eigenvalue weighted by molar-refractivity contribution is 5.93. The number of carbonyl (C=O) groups excluding carboxylic acids is 1. The average molecular weight is 418 g/mol. The van der Waals surface area contributed by atoms with Gasteiger partial charge in [0, 0.05) is 32.7 Å². The highest BCUT2D eigenvalue weighted by Crippen LogP contribution is 2.23. The summed E-state index contributed by atoms with van der Waals surface area (Å²) in [6.07, 6.45) is 0. The van der Waals surface area contributed by atoms with Crippen molar-refractivity contribution in [2.75, 3.05) is 38.0 Å². The standard InChI is InChI=1S/C25H31N5O/c1-19-9-11-23(12-10-19)30-21(3)25(20(2)27-30)26-24(31)18-29-15-13-28(14-16-29)17-22-7-5-4-6-8-22/h4-12H,13-18H2,1-3H3,(H,26,31). The van der Waals surface area contributed by atoms with Crippen LogP contribution in [-0.4, -0.2) is 58.2 Å². The predicted octanol–water partition coefficient (Wildman–Crippen LogP) is 3.55. The van der Waals surface area contributed by atoms with Gasteiger partial charge in [-0.25, -0.2) is 4.68 Å². The van der Waals surface area contributed by atoms with Gasteiger partial charge in [-0.05, 0) is 38.5 Å². The maximum atomic E-state index is 12.7. The Morgan fingerprint density at radius 1 is 0.903 bits per heavy atom. The van der Waals surface area contributed by atoms with Crippen molar-refractivity contribution in [2.45, 2.75) is 27.3 Å². The summed E-state index contributed by atoms with van der Waals surface area (Å²) < 4.78 is 1.90. The van der Waals surface area contributed by atoms with E-state index in [1.165, 1.54) is 11.1 Å². The Balaban J connectivity index is 1.32. The summed E-state index contributed by atoms with van der Waals surface area (Å²) in [6, 6.07) is 18.8. The van der Waals surface area contributed by atoms with Crippen molar-refractivity contribution in [1.82, 2.24) is 19.6 Å². The van der Waals surface area contributed by atoms with E-state index in [9.17, 15) is 4.79 Å². The van der Waals surface area contributed by atoms with Gasteiger partial charge in [-0.2, -0.15) is 5.10 Å². The molecule has 1 saturated heterocycles. The quantitative estimate of drug-likeness (QED) is 0.666. The smallest absolute Gasteiger partial charge is 0.238 e. The number of rotatable bonds is 6. The van der Waals surface area contributed by atoms with Crippen LogP contribution in [0, 0.1) is 20.8 Å². The van der Waals surface area contributed by atoms with Crippen molar-refractivity contribution < 1.29 is 4.79 Å². The third kappa shape index (κ3) is 5.21. The number of anilines is 1. The molecule has 3 aromatic rings. The van der Waals surface area contributed by atoms with E-state index in [4.69, 9.17) is 0 Å². The van der Waals surface area contributed by atoms with E-state index >= 15 is 0 Å². The molecule has 2 heterocycles. The van der Waals surface area contributed by atoms with Crippen LogP contribution >= 0.6 is 0 Å². The van der Waals surface area contributed by atoms with Gasteiger partial charge in [0.2, 0.25) is 5.91 Å². The van der Waals surface area contributed by atoms with Crippen LogP contribution in [0.25, 0.3) is 5.69 Å². The third-order valence-electron chi connectivity index (χ3n) is 5.92. The number of carbonyl (C=O) groups is 1. The van der Waals surface area contributed by atoms with Crippen molar-refractivity contribution in [3.8, 4) is 5.69 Å². The number of benzene rings is 2. The Kier molecular flexibility index (Phi) is 6.49. The van der Waals surface area contributed by atoms with Crippen molar-refractivity contribution in [3.05, 3.63) is 77.1 Å². The van der Waals surface area contributed by atoms with Gasteiger partial charge in [0.05, 0.1) is 29.3 Å². The SMILES string of the molecule is Cc1ccc(-n2nc(C)c(NC(=O)CN3CCN(Cc4ccccc4)CC3)c2C)cc1. The van der Waals surface area contributed by atoms with E-state index in [0.717, 1.165) is 55.5 Å². The molecule has 1 aliphatic heterocycles. The molecule has 162 valence electrons. The molecule has 6 heteroatoms. The van der Waals surface area contributed by atoms with Gasteiger partial charge in [-0.15, -0.1) is 0 Å². The lowest BCUT2D eigenvalue weighted by molar-refractivity contribution is -0.117. The van der Waals surface area contributed by atoms with Crippen LogP contribution in [0.4, 0.5) is 5.69 Å². The van der Waals surface area contributed by atoms with Crippen molar-refractivity contribution in [3.63, 3.8) is 0 Å². The van der Waals surface area contributed by atoms with Gasteiger partial charge in [-0.1, -0.05) is 48.0 Å². The van der Waals surface area contributed by atoms with E-state index in [2.05, 4.69) is 75.7 Å². The van der Waals surface area contributed by atoms with Crippen LogP contribution in [0.15, 0.2) is 54.6 Å². The van der Waals surface area contributed by atoms with Gasteiger partial charge >= 0.3 is 0 Å². The number of aryl methyl sites for hydroxylation is 2. The summed E-state index contributed by atoms with van der Waals surface area (Å²) in [4.78, 5) is 17.4. The van der Waals surface area contributed by atoms with Gasteiger partial charge < -0.3 is 5.32 Å². The van der Waals surface area contributed by atoms with E-state index < -0.39 is 0 Å². The zero-order valence-corrected chi connectivity index (χ0v) is 18.6. The Labute approximate surface area is 184 Å². The minimum atomic E-state index is 0.0196. The predicted molar refractivity (Wildman–Crippen MR) is 125 cm³/mol. The lowest BCUT2D eigenvalue weighted by Crippen LogP contribution is -2.48. The molecule has 2 aromatic carbocycles. The number of aromatic nitrogens is 2. The highest BCUT2D eigenvalue weighted by atomic mass is 16.2. The van der Waals surface area contributed by atoms with Crippen molar-refractivity contribution >= 4 is 11.6 Å². The van der Waals surface area contributed by atoms with E-state index in [1.807, 2.05) is 24.6 Å². The Hall–Kier alpha value is -2.96. The van der Waals surface area contributed by atoms with Crippen LogP contribution in [0.5, 0.6) is 0 Å². The number of hydrogen-bond donors (Lipinski definition) is 1. The second-order valence-electron chi connectivity index (χ2n) is 8.38. The van der Waals surface area contributed by atoms with Gasteiger partial charge in [0.25, 0.3) is 0 Å². The monoisotopic (exact) mass is 417 g/mol. The highest BCUT2D eigenvalue weighted by Gasteiger charge is 2.21. The maximum absolute atomic E-state index is 12.7. The Morgan fingerprint density at radius 3 is 2.23 bits per heavy atom. The lowest BCUT2D eigenvalue weighted by atomic mass is 10.2. The summed E-state index contributed by atoms with van der Waals surface area (Å²) in [5.74, 6) is 0.0196. The molecule has 0 aliphatic carbocycles. The summed E-state index contributed by atoms with van der Waals surface area (Å²) in [6.45, 7) is 11.1. The van der Waals surface area contributed by atoms with Gasteiger partial charge in [0.15, 0.2) is 0 Å². The molecule has 1 N–H and O–H groups in total. The first-order chi connectivity index (χ1) is 15.0. The zero-order chi connectivity index (χ0) is 21.8. The number of amides is 1. The maximum Gasteiger partial charge on any atom is 0.238 e. The average Bonchev–Trinajstić information content (AvgIpc) is 3.05. The fraction of sp³-hybridized carbons (Fsp3) is 0.360. The van der Waals surface area contributed by atoms with Crippen molar-refractivity contribution in [1.29, 1.82) is 0 Å². The Bertz CT molecular complexity index is 1020. The molecule has 0 bridgehead atoms. The molecule has 1 fully saturated rings. The first-order valence-corrected chi connectivity index (χ1v) is 10.9. The summed E-state index contributed by atoms with van der Waals surface area (Å²) in [5.41, 5.74) is 6.14. The van der Waals surface area contributed by atoms with Crippen LogP contribution in [0.3, 0.4) is 0 Å². The molecule has 1 aromatic heterocycles. The molecular formula is C25H31N5O. The van der Waals surface area contributed by atoms with Gasteiger partial charge in [0.1, 0.15) is 0 Å². The first-order valence-electron chi connectivity index (χ1n) is 10.9. The molecular weight excluding hydrogens is 386 g/mol. The summed E-state index contributed by atoms with van der Waals surface area (Å²) in [7, 11) is 0. The number of hydrogen-bond acceptors (Lipinski definition) is 4. The normalized spacial score (nSPS) is 15.2. The number of nitrogens with one attached hydrogen (secondary N) is 1. The molecule has 1 amide bonds. The van der Waals surface area contributed by atoms with Crippen LogP contribution < -0.4 is 5.32 Å². The second-order valence-corrected chi connectivity index (χ2v) is 8.38. The molecule has 6 nitrogen and oxygen atoms in total. The molecule has 0 radical (unpaired) electrons. The number of nitrogens with zero attached hydrogens (tertiary/aromatic N) is 4. The minimum absolute atomic E-state index is 0.0196. The van der Waals surface area contributed by atoms with E-state index in [0.29, 0.717) is 6.54 Å². The van der Waals surface area contributed by atoms with E-state index in [1.54, 1.807) is 0 Å². The molecule has 31 heavy (non-hydrogen) atoms. The first kappa shape index (κ1) is 21.3. The van der Waals surface area contributed by atoms with E-state index in [-0.39, 0.29) is 5.91 Å². The fourth-order valence-corrected chi connectivity index (χ4v) is 4.09. The van der Waals surface area contributed by atoms with Crippen molar-refractivity contribution in [2.24, 2.45) is 0 Å². The molecule has 0 spiro atoms. The largest absolute Gasteiger partial charge is 0.322 e. The molecule has 0 saturated carbocycles. The number of piperazine rings is 1. The second kappa shape index (κ2) is 9.45. The van der Waals surface area contributed by atoms with Crippen LogP contribution in [0.2, 0.25) is 0 Å². The molecule has 4 rings (SSSR count). The summed E-state index contributed by atoms with van der Waals surface area (Å²) in [5, 5.41) is 7.74. The molecule has 1 aliphatic rings. The van der Waals surface area contributed by atoms with Gasteiger partial charge in [-0.3, -0.25) is 14.6 Å². The molecule has 0 atom stereocenters. The van der Waals surface area contributed by atoms with Crippen LogP contribution in [-0.2, 0) is 11.3 Å². The zero-order valence-electron chi connectivity index (χ0n) is 18.6. The third-order valence-corrected chi connectivity index (χ3v) is 5.92. The fourth-order valence-electron chi connectivity index (χ4n) is 4.09. The molecule has 0 unspecified atom stereocenters.